The van der Waals surface area contributed by atoms with E-state index in [1.54, 1.807) is 0 Å². The third-order valence-electron chi connectivity index (χ3n) is 3.67. The molecule has 4 aromatic rings. The molecule has 7 heteroatoms. The number of aromatic amines is 1. The molecule has 25 heavy (non-hydrogen) atoms. The Bertz CT molecular complexity index is 985. The summed E-state index contributed by atoms with van der Waals surface area (Å²) < 4.78 is 6.54. The highest BCUT2D eigenvalue weighted by Gasteiger charge is 2.10. The van der Waals surface area contributed by atoms with Crippen molar-refractivity contribution in [1.29, 1.82) is 0 Å². The van der Waals surface area contributed by atoms with E-state index in [0.29, 0.717) is 18.1 Å². The van der Waals surface area contributed by atoms with Gasteiger partial charge in [0.25, 0.3) is 0 Å². The van der Waals surface area contributed by atoms with Gasteiger partial charge in [0, 0.05) is 5.69 Å². The number of anilines is 2. The molecular formula is C18H14BrN5O. The van der Waals surface area contributed by atoms with Crippen molar-refractivity contribution in [3.8, 4) is 5.75 Å². The van der Waals surface area contributed by atoms with Crippen LogP contribution >= 0.6 is 15.9 Å². The van der Waals surface area contributed by atoms with Crippen LogP contribution in [0.1, 0.15) is 5.56 Å². The number of fused-ring (bicyclic) bond motifs is 1. The minimum atomic E-state index is 0.544. The molecule has 0 bridgehead atoms. The Morgan fingerprint density at radius 2 is 1.80 bits per heavy atom. The van der Waals surface area contributed by atoms with E-state index in [0.717, 1.165) is 27.0 Å². The van der Waals surface area contributed by atoms with Gasteiger partial charge in [-0.3, -0.25) is 5.10 Å². The molecule has 0 saturated carbocycles. The van der Waals surface area contributed by atoms with Crippen LogP contribution in [0, 0.1) is 0 Å². The molecule has 2 aromatic heterocycles. The quantitative estimate of drug-likeness (QED) is 0.522. The normalized spacial score (nSPS) is 10.8. The summed E-state index contributed by atoms with van der Waals surface area (Å²) in [5.41, 5.74) is 2.64. The van der Waals surface area contributed by atoms with E-state index in [9.17, 15) is 0 Å². The van der Waals surface area contributed by atoms with Crippen LogP contribution in [0.4, 0.5) is 11.5 Å². The molecule has 0 aliphatic heterocycles. The highest BCUT2D eigenvalue weighted by molar-refractivity contribution is 9.10. The van der Waals surface area contributed by atoms with Crippen LogP contribution in [0.3, 0.4) is 0 Å². The molecule has 0 saturated heterocycles. The number of hydrogen-bond donors (Lipinski definition) is 2. The van der Waals surface area contributed by atoms with Crippen molar-refractivity contribution in [3.05, 3.63) is 71.1 Å². The van der Waals surface area contributed by atoms with Crippen LogP contribution in [0.25, 0.3) is 11.0 Å². The van der Waals surface area contributed by atoms with Crippen LogP contribution in [0.5, 0.6) is 5.75 Å². The molecule has 2 aromatic carbocycles. The zero-order chi connectivity index (χ0) is 17.1. The Labute approximate surface area is 152 Å². The zero-order valence-electron chi connectivity index (χ0n) is 13.1. The molecule has 0 spiro atoms. The van der Waals surface area contributed by atoms with Gasteiger partial charge in [0.05, 0.1) is 5.39 Å². The summed E-state index contributed by atoms with van der Waals surface area (Å²) in [6.45, 7) is 0.544. The number of halogens is 1. The van der Waals surface area contributed by atoms with Gasteiger partial charge in [-0.2, -0.15) is 5.10 Å². The molecule has 124 valence electrons. The number of rotatable bonds is 5. The predicted molar refractivity (Wildman–Crippen MR) is 99.9 cm³/mol. The van der Waals surface area contributed by atoms with Crippen molar-refractivity contribution in [2.75, 3.05) is 5.32 Å². The van der Waals surface area contributed by atoms with E-state index in [1.165, 1.54) is 6.33 Å². The number of nitrogens with zero attached hydrogens (tertiary/aromatic N) is 3. The Morgan fingerprint density at radius 1 is 1.00 bits per heavy atom. The van der Waals surface area contributed by atoms with Gasteiger partial charge in [-0.05, 0) is 45.8 Å². The largest absolute Gasteiger partial charge is 0.489 e. The van der Waals surface area contributed by atoms with Crippen LogP contribution in [-0.4, -0.2) is 20.2 Å². The highest BCUT2D eigenvalue weighted by Crippen LogP contribution is 2.28. The summed E-state index contributed by atoms with van der Waals surface area (Å²) >= 11 is 3.43. The lowest BCUT2D eigenvalue weighted by molar-refractivity contribution is 0.306. The maximum atomic E-state index is 5.80. The van der Waals surface area contributed by atoms with Gasteiger partial charge in [0.1, 0.15) is 29.1 Å². The maximum Gasteiger partial charge on any atom is 0.187 e. The first-order chi connectivity index (χ1) is 12.3. The first-order valence-corrected chi connectivity index (χ1v) is 8.47. The van der Waals surface area contributed by atoms with E-state index in [4.69, 9.17) is 4.74 Å². The fraction of sp³-hybridized carbons (Fsp3) is 0.0556. The summed E-state index contributed by atoms with van der Waals surface area (Å²) in [5, 5.41) is 11.0. The SMILES string of the molecule is Brc1[nH]nc2ncnc(Nc3ccc(OCc4ccccc4)cc3)c12. The monoisotopic (exact) mass is 395 g/mol. The van der Waals surface area contributed by atoms with Crippen molar-refractivity contribution < 1.29 is 4.74 Å². The molecule has 0 aliphatic carbocycles. The highest BCUT2D eigenvalue weighted by atomic mass is 79.9. The number of ether oxygens (including phenoxy) is 1. The summed E-state index contributed by atoms with van der Waals surface area (Å²) in [4.78, 5) is 8.42. The number of nitrogens with one attached hydrogen (secondary N) is 2. The van der Waals surface area contributed by atoms with E-state index < -0.39 is 0 Å². The van der Waals surface area contributed by atoms with Gasteiger partial charge in [0.15, 0.2) is 5.65 Å². The second-order valence-corrected chi connectivity index (χ2v) is 6.18. The van der Waals surface area contributed by atoms with Crippen molar-refractivity contribution in [2.45, 2.75) is 6.61 Å². The molecule has 0 amide bonds. The molecule has 0 aliphatic rings. The molecular weight excluding hydrogens is 382 g/mol. The molecule has 6 nitrogen and oxygen atoms in total. The van der Waals surface area contributed by atoms with Gasteiger partial charge in [-0.1, -0.05) is 30.3 Å². The summed E-state index contributed by atoms with van der Waals surface area (Å²) in [7, 11) is 0. The third kappa shape index (κ3) is 3.46. The standard InChI is InChI=1S/C18H14BrN5O/c19-16-15-17(20-11-21-18(15)24-23-16)22-13-6-8-14(9-7-13)25-10-12-4-2-1-3-5-12/h1-9,11H,10H2,(H2,20,21,22,23,24). The van der Waals surface area contributed by atoms with Gasteiger partial charge in [-0.15, -0.1) is 0 Å². The second-order valence-electron chi connectivity index (χ2n) is 5.38. The molecule has 4 rings (SSSR count). The minimum absolute atomic E-state index is 0.544. The Kier molecular flexibility index (Phi) is 4.30. The summed E-state index contributed by atoms with van der Waals surface area (Å²) in [6, 6.07) is 17.8. The number of H-pyrrole nitrogens is 1. The van der Waals surface area contributed by atoms with E-state index in [2.05, 4.69) is 41.4 Å². The van der Waals surface area contributed by atoms with E-state index in [-0.39, 0.29) is 0 Å². The van der Waals surface area contributed by atoms with Gasteiger partial charge >= 0.3 is 0 Å². The fourth-order valence-corrected chi connectivity index (χ4v) is 2.88. The van der Waals surface area contributed by atoms with Crippen LogP contribution in [0.15, 0.2) is 65.5 Å². The lowest BCUT2D eigenvalue weighted by Crippen LogP contribution is -1.97. The average molecular weight is 396 g/mol. The lowest BCUT2D eigenvalue weighted by Gasteiger charge is -2.09. The smallest absolute Gasteiger partial charge is 0.187 e. The summed E-state index contributed by atoms with van der Waals surface area (Å²) in [6.07, 6.45) is 1.48. The fourth-order valence-electron chi connectivity index (χ4n) is 2.43. The Morgan fingerprint density at radius 3 is 2.60 bits per heavy atom. The number of benzene rings is 2. The van der Waals surface area contributed by atoms with Gasteiger partial charge in [-0.25, -0.2) is 9.97 Å². The zero-order valence-corrected chi connectivity index (χ0v) is 14.7. The first-order valence-electron chi connectivity index (χ1n) is 7.68. The van der Waals surface area contributed by atoms with Gasteiger partial charge in [0.2, 0.25) is 0 Å². The van der Waals surface area contributed by atoms with E-state index in [1.807, 2.05) is 54.6 Å². The average Bonchev–Trinajstić information content (AvgIpc) is 3.04. The molecule has 2 heterocycles. The van der Waals surface area contributed by atoms with Crippen molar-refractivity contribution in [3.63, 3.8) is 0 Å². The van der Waals surface area contributed by atoms with Crippen LogP contribution in [-0.2, 0) is 6.61 Å². The minimum Gasteiger partial charge on any atom is -0.489 e. The Balaban J connectivity index is 1.47. The first kappa shape index (κ1) is 15.6. The summed E-state index contributed by atoms with van der Waals surface area (Å²) in [5.74, 6) is 1.50. The molecule has 2 N–H and O–H groups in total. The molecule has 0 atom stereocenters. The van der Waals surface area contributed by atoms with Crippen molar-refractivity contribution in [2.24, 2.45) is 0 Å². The number of aromatic nitrogens is 4. The lowest BCUT2D eigenvalue weighted by atomic mass is 10.2. The van der Waals surface area contributed by atoms with Crippen molar-refractivity contribution in [1.82, 2.24) is 20.2 Å². The predicted octanol–water partition coefficient (Wildman–Crippen LogP) is 4.44. The number of hydrogen-bond acceptors (Lipinski definition) is 5. The topological polar surface area (TPSA) is 75.7 Å². The van der Waals surface area contributed by atoms with Crippen LogP contribution < -0.4 is 10.1 Å². The molecule has 0 radical (unpaired) electrons. The van der Waals surface area contributed by atoms with Crippen molar-refractivity contribution >= 4 is 38.5 Å². The Hall–Kier alpha value is -2.93. The third-order valence-corrected chi connectivity index (χ3v) is 4.25. The van der Waals surface area contributed by atoms with Gasteiger partial charge < -0.3 is 10.1 Å². The van der Waals surface area contributed by atoms with Crippen LogP contribution in [0.2, 0.25) is 0 Å². The molecule has 0 unspecified atom stereocenters. The molecule has 0 fully saturated rings. The maximum absolute atomic E-state index is 5.80. The van der Waals surface area contributed by atoms with E-state index >= 15 is 0 Å². The second kappa shape index (κ2) is 6.90.